The Balaban J connectivity index is 1.14. The monoisotopic (exact) mass is 979 g/mol. The van der Waals surface area contributed by atoms with Crippen molar-refractivity contribution >= 4 is 0 Å². The molecule has 0 aromatic heterocycles. The summed E-state index contributed by atoms with van der Waals surface area (Å²) >= 11 is 0. The Morgan fingerprint density at radius 1 is 0.588 bits per heavy atom. The van der Waals surface area contributed by atoms with Gasteiger partial charge in [-0.15, -0.1) is 0 Å². The molecule has 20 heteroatoms. The van der Waals surface area contributed by atoms with Crippen LogP contribution in [-0.4, -0.2) is 202 Å². The zero-order valence-electron chi connectivity index (χ0n) is 40.7. The molecule has 3 saturated heterocycles. The molecule has 394 valence electrons. The van der Waals surface area contributed by atoms with Crippen molar-refractivity contribution in [3.05, 3.63) is 12.2 Å². The molecule has 4 aliphatic carbocycles. The number of fused-ring (bicyclic) bond motifs is 5. The zero-order valence-corrected chi connectivity index (χ0v) is 40.7. The van der Waals surface area contributed by atoms with E-state index in [1.807, 2.05) is 13.0 Å². The maximum atomic E-state index is 12.7. The highest BCUT2D eigenvalue weighted by Crippen LogP contribution is 2.76. The predicted molar refractivity (Wildman–Crippen MR) is 236 cm³/mol. The van der Waals surface area contributed by atoms with E-state index in [0.717, 1.165) is 19.3 Å². The van der Waals surface area contributed by atoms with Crippen molar-refractivity contribution in [1.29, 1.82) is 0 Å². The number of aliphatic hydroxyl groups is 12. The molecule has 3 heterocycles. The summed E-state index contributed by atoms with van der Waals surface area (Å²) in [6, 6.07) is 0. The lowest BCUT2D eigenvalue weighted by atomic mass is 9.35. The van der Waals surface area contributed by atoms with Gasteiger partial charge in [-0.1, -0.05) is 46.8 Å². The van der Waals surface area contributed by atoms with Gasteiger partial charge in [-0.2, -0.15) is 0 Å². The molecule has 0 aromatic rings. The van der Waals surface area contributed by atoms with E-state index < -0.39 is 146 Å². The molecular formula is C48H82O20. The average Bonchev–Trinajstić information content (AvgIpc) is 3.68. The first-order chi connectivity index (χ1) is 31.7. The second kappa shape index (κ2) is 20.0. The molecule has 25 atom stereocenters. The van der Waals surface area contributed by atoms with Crippen molar-refractivity contribution in [1.82, 2.24) is 0 Å². The van der Waals surface area contributed by atoms with Crippen molar-refractivity contribution in [3.8, 4) is 0 Å². The minimum absolute atomic E-state index is 0.0490. The molecule has 0 amide bonds. The highest BCUT2D eigenvalue weighted by atomic mass is 17.1. The minimum atomic E-state index is -1.81. The maximum absolute atomic E-state index is 12.7. The van der Waals surface area contributed by atoms with Crippen LogP contribution in [0.25, 0.3) is 0 Å². The third-order valence-electron chi connectivity index (χ3n) is 18.9. The summed E-state index contributed by atoms with van der Waals surface area (Å²) in [5.41, 5.74) is -3.73. The molecule has 4 saturated carbocycles. The Morgan fingerprint density at radius 2 is 1.12 bits per heavy atom. The molecular weight excluding hydrogens is 897 g/mol. The van der Waals surface area contributed by atoms with Gasteiger partial charge in [-0.3, -0.25) is 5.26 Å². The Morgan fingerprint density at radius 3 is 1.69 bits per heavy atom. The Kier molecular flexibility index (Phi) is 16.1. The van der Waals surface area contributed by atoms with Gasteiger partial charge in [0.1, 0.15) is 78.8 Å². The van der Waals surface area contributed by atoms with Crippen LogP contribution in [0.3, 0.4) is 0 Å². The summed E-state index contributed by atoms with van der Waals surface area (Å²) in [5.74, 6) is -0.483. The fraction of sp³-hybridized carbons (Fsp3) is 0.958. The number of aliphatic hydroxyl groups excluding tert-OH is 12. The van der Waals surface area contributed by atoms with E-state index in [-0.39, 0.29) is 40.9 Å². The lowest BCUT2D eigenvalue weighted by Gasteiger charge is -2.71. The van der Waals surface area contributed by atoms with Crippen molar-refractivity contribution in [2.75, 3.05) is 19.8 Å². The zero-order chi connectivity index (χ0) is 50.3. The fourth-order valence-electron chi connectivity index (χ4n) is 14.8. The van der Waals surface area contributed by atoms with Crippen LogP contribution in [0.5, 0.6) is 0 Å². The molecule has 7 rings (SSSR count). The molecule has 7 aliphatic rings. The summed E-state index contributed by atoms with van der Waals surface area (Å²) < 4.78 is 37.1. The van der Waals surface area contributed by atoms with Gasteiger partial charge in [0.05, 0.1) is 37.6 Å². The highest BCUT2D eigenvalue weighted by molar-refractivity contribution is 5.21. The van der Waals surface area contributed by atoms with E-state index >= 15 is 0 Å². The Bertz CT molecular complexity index is 1730. The fourth-order valence-corrected chi connectivity index (χ4v) is 14.8. The Hall–Kier alpha value is -1.06. The SMILES string of the molecule is CC(C)(/C=C/C[C@](C)(O[C@@H]1O[C@H](CO)[C@@H](O)[C@H](O)[C@H]1O)[C@H]1CC[C@]2(C)[C@@H]1[C@H](O)C[C@@H]1[C@@]3(C)CC[C@H](O[C@@H]4O[C@H](CO)[C@@H](O)[C@H](O)[C@H]4O[C@@H]4O[C@H](CO)[C@@H](O)[C@H](O)[C@H]4O)C(C)(C)[C@@H]3CC[C@]12C)OO. The van der Waals surface area contributed by atoms with Crippen LogP contribution in [0.2, 0.25) is 0 Å². The molecule has 7 fully saturated rings. The Labute approximate surface area is 398 Å². The van der Waals surface area contributed by atoms with Crippen molar-refractivity contribution in [2.45, 2.75) is 222 Å². The van der Waals surface area contributed by atoms with Gasteiger partial charge in [-0.25, -0.2) is 4.89 Å². The van der Waals surface area contributed by atoms with E-state index in [9.17, 15) is 66.5 Å². The van der Waals surface area contributed by atoms with Crippen LogP contribution in [0.4, 0.5) is 0 Å². The van der Waals surface area contributed by atoms with Crippen LogP contribution in [0.1, 0.15) is 107 Å². The molecule has 0 radical (unpaired) electrons. The lowest BCUT2D eigenvalue weighted by Crippen LogP contribution is -2.68. The molecule has 13 N–H and O–H groups in total. The van der Waals surface area contributed by atoms with Gasteiger partial charge < -0.3 is 89.7 Å². The third-order valence-corrected chi connectivity index (χ3v) is 18.9. The molecule has 3 aliphatic heterocycles. The predicted octanol–water partition coefficient (Wildman–Crippen LogP) is -0.559. The second-order valence-corrected chi connectivity index (χ2v) is 23.4. The van der Waals surface area contributed by atoms with Gasteiger partial charge >= 0.3 is 0 Å². The minimum Gasteiger partial charge on any atom is -0.394 e. The van der Waals surface area contributed by atoms with E-state index in [1.165, 1.54) is 0 Å². The van der Waals surface area contributed by atoms with Gasteiger partial charge in [0.2, 0.25) is 0 Å². The van der Waals surface area contributed by atoms with Gasteiger partial charge in [0.15, 0.2) is 18.9 Å². The number of hydrogen-bond donors (Lipinski definition) is 13. The van der Waals surface area contributed by atoms with Gasteiger partial charge in [0.25, 0.3) is 0 Å². The number of hydrogen-bond acceptors (Lipinski definition) is 20. The molecule has 0 unspecified atom stereocenters. The molecule has 0 bridgehead atoms. The van der Waals surface area contributed by atoms with Crippen LogP contribution < -0.4 is 0 Å². The van der Waals surface area contributed by atoms with E-state index in [2.05, 4.69) is 39.5 Å². The van der Waals surface area contributed by atoms with Crippen molar-refractivity contribution < 1.29 is 99.8 Å². The van der Waals surface area contributed by atoms with E-state index in [4.69, 9.17) is 28.4 Å². The summed E-state index contributed by atoms with van der Waals surface area (Å²) in [5, 5.41) is 139. The molecule has 0 spiro atoms. The number of ether oxygens (including phenoxy) is 6. The first-order valence-electron chi connectivity index (χ1n) is 24.6. The third kappa shape index (κ3) is 9.19. The lowest BCUT2D eigenvalue weighted by molar-refractivity contribution is -0.378. The van der Waals surface area contributed by atoms with Crippen LogP contribution in [0.15, 0.2) is 12.2 Å². The topological polar surface area (TPSA) is 328 Å². The normalized spacial score (nSPS) is 51.7. The van der Waals surface area contributed by atoms with Gasteiger partial charge in [0, 0.05) is 0 Å². The molecule has 20 nitrogen and oxygen atoms in total. The summed E-state index contributed by atoms with van der Waals surface area (Å²) in [6.45, 7) is 14.5. The van der Waals surface area contributed by atoms with Crippen molar-refractivity contribution in [3.63, 3.8) is 0 Å². The standard InChI is InChI=1S/C48H82O20/c1-43(2,68-61)13-9-14-48(8,67-41-38(60)35(57)32(54)25(20-50)63-41)22-10-16-47(7)30(22)23(52)18-28-45(5)15-12-29(44(3,4)27(45)11-17-46(28,47)6)65-42-39(36(58)33(55)26(21-51)64-42)66-40-37(59)34(56)31(53)24(19-49)62-40/h9,13,22-42,49-61H,10-12,14-21H2,1-8H3/b13-9+/t22-,23+,24+,25+,26+,27-,28+,29-,30-,31+,32+,33+,34-,35-,36-,37+,38+,39+,40-,41-,42-,45-,46+,47+,48-/m0/s1. The number of rotatable bonds is 14. The summed E-state index contributed by atoms with van der Waals surface area (Å²) in [4.78, 5) is 4.67. The van der Waals surface area contributed by atoms with Crippen LogP contribution in [0, 0.1) is 45.3 Å². The second-order valence-electron chi connectivity index (χ2n) is 23.4. The average molecular weight is 979 g/mol. The highest BCUT2D eigenvalue weighted by Gasteiger charge is 2.72. The van der Waals surface area contributed by atoms with E-state index in [0.29, 0.717) is 25.7 Å². The summed E-state index contributed by atoms with van der Waals surface area (Å²) in [6.07, 6.45) is -16.0. The van der Waals surface area contributed by atoms with Crippen LogP contribution in [-0.2, 0) is 33.3 Å². The molecule has 68 heavy (non-hydrogen) atoms. The van der Waals surface area contributed by atoms with Crippen molar-refractivity contribution in [2.24, 2.45) is 45.3 Å². The van der Waals surface area contributed by atoms with Crippen LogP contribution >= 0.6 is 0 Å². The smallest absolute Gasteiger partial charge is 0.187 e. The van der Waals surface area contributed by atoms with Gasteiger partial charge in [-0.05, 0) is 117 Å². The summed E-state index contributed by atoms with van der Waals surface area (Å²) in [7, 11) is 0. The quantitative estimate of drug-likeness (QED) is 0.0449. The maximum Gasteiger partial charge on any atom is 0.187 e. The first-order valence-corrected chi connectivity index (χ1v) is 24.6. The first kappa shape index (κ1) is 54.7. The largest absolute Gasteiger partial charge is 0.394 e. The molecule has 0 aromatic carbocycles. The van der Waals surface area contributed by atoms with E-state index in [1.54, 1.807) is 19.9 Å².